The average Bonchev–Trinajstić information content (AvgIpc) is 2.17. The van der Waals surface area contributed by atoms with Crippen LogP contribution < -0.4 is 11.1 Å². The van der Waals surface area contributed by atoms with Gasteiger partial charge in [0.15, 0.2) is 0 Å². The maximum absolute atomic E-state index is 11.7. The molecule has 0 heterocycles. The van der Waals surface area contributed by atoms with Crippen molar-refractivity contribution < 1.29 is 4.79 Å². The van der Waals surface area contributed by atoms with Crippen molar-refractivity contribution in [2.75, 3.05) is 12.8 Å². The van der Waals surface area contributed by atoms with E-state index in [0.29, 0.717) is 5.25 Å². The van der Waals surface area contributed by atoms with Crippen LogP contribution in [0, 0.1) is 0 Å². The first-order chi connectivity index (χ1) is 6.94. The Morgan fingerprint density at radius 2 is 2.20 bits per heavy atom. The van der Waals surface area contributed by atoms with Crippen LogP contribution in [-0.4, -0.2) is 29.5 Å². The predicted octanol–water partition coefficient (Wildman–Crippen LogP) is 1.76. The third-order valence-corrected chi connectivity index (χ3v) is 3.57. The second-order valence-electron chi connectivity index (χ2n) is 4.26. The molecule has 2 unspecified atom stereocenters. The summed E-state index contributed by atoms with van der Waals surface area (Å²) in [6.07, 6.45) is 4.74. The number of nitrogens with one attached hydrogen (secondary N) is 1. The first kappa shape index (κ1) is 14.8. The molecule has 3 N–H and O–H groups in total. The summed E-state index contributed by atoms with van der Waals surface area (Å²) in [7, 11) is 0. The third kappa shape index (κ3) is 6.05. The molecule has 0 aliphatic carbocycles. The second-order valence-corrected chi connectivity index (χ2v) is 5.53. The highest BCUT2D eigenvalue weighted by Gasteiger charge is 2.26. The lowest BCUT2D eigenvalue weighted by molar-refractivity contribution is -0.126. The van der Waals surface area contributed by atoms with E-state index in [2.05, 4.69) is 18.5 Å². The van der Waals surface area contributed by atoms with Crippen LogP contribution in [0.1, 0.15) is 40.0 Å². The smallest absolute Gasteiger partial charge is 0.239 e. The summed E-state index contributed by atoms with van der Waals surface area (Å²) in [6, 6.07) is 0. The fourth-order valence-corrected chi connectivity index (χ4v) is 1.70. The van der Waals surface area contributed by atoms with Gasteiger partial charge in [-0.15, -0.1) is 0 Å². The van der Waals surface area contributed by atoms with E-state index in [1.165, 1.54) is 0 Å². The monoisotopic (exact) mass is 232 g/mol. The van der Waals surface area contributed by atoms with Crippen LogP contribution >= 0.6 is 11.8 Å². The number of hydrogen-bond donors (Lipinski definition) is 2. The van der Waals surface area contributed by atoms with Gasteiger partial charge >= 0.3 is 0 Å². The fourth-order valence-electron chi connectivity index (χ4n) is 1.34. The average molecular weight is 232 g/mol. The van der Waals surface area contributed by atoms with Crippen molar-refractivity contribution in [3.05, 3.63) is 0 Å². The summed E-state index contributed by atoms with van der Waals surface area (Å²) >= 11 is 1.81. The van der Waals surface area contributed by atoms with Gasteiger partial charge in [0.25, 0.3) is 0 Å². The summed E-state index contributed by atoms with van der Waals surface area (Å²) in [5.74, 6) is -0.0300. The lowest BCUT2D eigenvalue weighted by atomic mass is 9.96. The molecule has 0 aromatic heterocycles. The van der Waals surface area contributed by atoms with Crippen LogP contribution in [0.15, 0.2) is 0 Å². The van der Waals surface area contributed by atoms with Gasteiger partial charge in [-0.1, -0.05) is 20.3 Å². The molecule has 0 aliphatic rings. The van der Waals surface area contributed by atoms with Crippen molar-refractivity contribution in [1.82, 2.24) is 5.32 Å². The maximum Gasteiger partial charge on any atom is 0.239 e. The molecule has 15 heavy (non-hydrogen) atoms. The number of amides is 1. The Morgan fingerprint density at radius 1 is 1.60 bits per heavy atom. The SMILES string of the molecule is CCCC(C)(N)C(=O)NCCC(C)SC. The van der Waals surface area contributed by atoms with Crippen molar-refractivity contribution in [1.29, 1.82) is 0 Å². The summed E-state index contributed by atoms with van der Waals surface area (Å²) in [5, 5.41) is 3.48. The lowest BCUT2D eigenvalue weighted by Gasteiger charge is -2.23. The van der Waals surface area contributed by atoms with Gasteiger partial charge in [0, 0.05) is 11.8 Å². The van der Waals surface area contributed by atoms with Crippen molar-refractivity contribution in [2.24, 2.45) is 5.73 Å². The van der Waals surface area contributed by atoms with Crippen LogP contribution in [-0.2, 0) is 4.79 Å². The number of thioether (sulfide) groups is 1. The standard InChI is InChI=1S/C11H24N2OS/c1-5-7-11(3,12)10(14)13-8-6-9(2)15-4/h9H,5-8,12H2,1-4H3,(H,13,14). The molecule has 2 atom stereocenters. The highest BCUT2D eigenvalue weighted by molar-refractivity contribution is 7.99. The zero-order valence-corrected chi connectivity index (χ0v) is 11.1. The molecule has 0 spiro atoms. The van der Waals surface area contributed by atoms with E-state index in [9.17, 15) is 4.79 Å². The molecule has 0 saturated heterocycles. The zero-order valence-electron chi connectivity index (χ0n) is 10.3. The summed E-state index contributed by atoms with van der Waals surface area (Å²) < 4.78 is 0. The van der Waals surface area contributed by atoms with Crippen LogP contribution in [0.4, 0.5) is 0 Å². The predicted molar refractivity (Wildman–Crippen MR) is 68.1 cm³/mol. The molecule has 90 valence electrons. The number of nitrogens with two attached hydrogens (primary N) is 1. The normalized spacial score (nSPS) is 16.9. The van der Waals surface area contributed by atoms with E-state index in [0.717, 1.165) is 25.8 Å². The number of hydrogen-bond acceptors (Lipinski definition) is 3. The Kier molecular flexibility index (Phi) is 7.02. The van der Waals surface area contributed by atoms with E-state index in [1.54, 1.807) is 6.92 Å². The summed E-state index contributed by atoms with van der Waals surface area (Å²) in [5.41, 5.74) is 5.19. The fraction of sp³-hybridized carbons (Fsp3) is 0.909. The van der Waals surface area contributed by atoms with Gasteiger partial charge in [0.2, 0.25) is 5.91 Å². The van der Waals surface area contributed by atoms with Crippen LogP contribution in [0.5, 0.6) is 0 Å². The Bertz CT molecular complexity index is 195. The van der Waals surface area contributed by atoms with E-state index in [1.807, 2.05) is 18.7 Å². The van der Waals surface area contributed by atoms with Crippen molar-refractivity contribution in [3.63, 3.8) is 0 Å². The molecule has 3 nitrogen and oxygen atoms in total. The lowest BCUT2D eigenvalue weighted by Crippen LogP contribution is -2.51. The van der Waals surface area contributed by atoms with Crippen LogP contribution in [0.25, 0.3) is 0 Å². The quantitative estimate of drug-likeness (QED) is 0.703. The maximum atomic E-state index is 11.7. The minimum Gasteiger partial charge on any atom is -0.354 e. The molecule has 0 fully saturated rings. The van der Waals surface area contributed by atoms with Gasteiger partial charge < -0.3 is 11.1 Å². The van der Waals surface area contributed by atoms with Gasteiger partial charge in [-0.2, -0.15) is 11.8 Å². The minimum absolute atomic E-state index is 0.0300. The first-order valence-electron chi connectivity index (χ1n) is 5.54. The van der Waals surface area contributed by atoms with Crippen LogP contribution in [0.2, 0.25) is 0 Å². The van der Waals surface area contributed by atoms with Crippen molar-refractivity contribution in [3.8, 4) is 0 Å². The molecule has 0 rings (SSSR count). The highest BCUT2D eigenvalue weighted by atomic mass is 32.2. The Balaban J connectivity index is 3.83. The topological polar surface area (TPSA) is 55.1 Å². The molecule has 0 bridgehead atoms. The molecule has 0 radical (unpaired) electrons. The molecule has 0 aliphatic heterocycles. The molecule has 4 heteroatoms. The third-order valence-electron chi connectivity index (χ3n) is 2.53. The Hall–Kier alpha value is -0.220. The van der Waals surface area contributed by atoms with E-state index in [-0.39, 0.29) is 5.91 Å². The van der Waals surface area contributed by atoms with Gasteiger partial charge in [-0.05, 0) is 26.0 Å². The summed E-state index contributed by atoms with van der Waals surface area (Å²) in [6.45, 7) is 6.71. The van der Waals surface area contributed by atoms with Gasteiger partial charge in [-0.3, -0.25) is 4.79 Å². The van der Waals surface area contributed by atoms with Crippen molar-refractivity contribution >= 4 is 17.7 Å². The second kappa shape index (κ2) is 7.12. The van der Waals surface area contributed by atoms with Gasteiger partial charge in [-0.25, -0.2) is 0 Å². The summed E-state index contributed by atoms with van der Waals surface area (Å²) in [4.78, 5) is 11.7. The number of carbonyl (C=O) groups excluding carboxylic acids is 1. The molecule has 0 aromatic carbocycles. The number of carbonyl (C=O) groups is 1. The zero-order chi connectivity index (χ0) is 11.9. The van der Waals surface area contributed by atoms with E-state index < -0.39 is 5.54 Å². The minimum atomic E-state index is -0.711. The first-order valence-corrected chi connectivity index (χ1v) is 6.82. The largest absolute Gasteiger partial charge is 0.354 e. The Morgan fingerprint density at radius 3 is 2.67 bits per heavy atom. The molecule has 0 aromatic rings. The Labute approximate surface area is 97.6 Å². The van der Waals surface area contributed by atoms with Gasteiger partial charge in [0.05, 0.1) is 5.54 Å². The van der Waals surface area contributed by atoms with E-state index in [4.69, 9.17) is 5.73 Å². The van der Waals surface area contributed by atoms with E-state index >= 15 is 0 Å². The molecule has 0 saturated carbocycles. The van der Waals surface area contributed by atoms with Crippen LogP contribution in [0.3, 0.4) is 0 Å². The highest BCUT2D eigenvalue weighted by Crippen LogP contribution is 2.10. The molecular weight excluding hydrogens is 208 g/mol. The van der Waals surface area contributed by atoms with Gasteiger partial charge in [0.1, 0.15) is 0 Å². The van der Waals surface area contributed by atoms with Crippen molar-refractivity contribution in [2.45, 2.75) is 50.8 Å². The number of rotatable bonds is 7. The molecular formula is C11H24N2OS. The molecule has 1 amide bonds.